The first kappa shape index (κ1) is 23.2. The van der Waals surface area contributed by atoms with Gasteiger partial charge in [0.15, 0.2) is 10.9 Å². The van der Waals surface area contributed by atoms with Crippen LogP contribution in [0.15, 0.2) is 43.0 Å². The van der Waals surface area contributed by atoms with Gasteiger partial charge in [-0.1, -0.05) is 29.3 Å². The van der Waals surface area contributed by atoms with E-state index in [1.54, 1.807) is 29.2 Å². The predicted octanol–water partition coefficient (Wildman–Crippen LogP) is 4.96. The summed E-state index contributed by atoms with van der Waals surface area (Å²) in [6.07, 6.45) is 6.95. The Bertz CT molecular complexity index is 1280. The second-order valence-corrected chi connectivity index (χ2v) is 8.52. The molecule has 0 saturated carbocycles. The molecule has 4 aromatic rings. The van der Waals surface area contributed by atoms with E-state index < -0.39 is 5.82 Å². The van der Waals surface area contributed by atoms with Crippen LogP contribution in [-0.4, -0.2) is 34.5 Å². The largest absolute Gasteiger partial charge is 0.330 e. The van der Waals surface area contributed by atoms with Gasteiger partial charge < -0.3 is 10.6 Å². The van der Waals surface area contributed by atoms with Crippen molar-refractivity contribution in [3.63, 3.8) is 0 Å². The average Bonchev–Trinajstić information content (AvgIpc) is 3.45. The second-order valence-electron chi connectivity index (χ2n) is 7.30. The van der Waals surface area contributed by atoms with Crippen molar-refractivity contribution in [3.05, 3.63) is 75.7 Å². The molecule has 1 aromatic carbocycles. The van der Waals surface area contributed by atoms with Crippen LogP contribution < -0.4 is 10.6 Å². The van der Waals surface area contributed by atoms with Crippen LogP contribution in [0.1, 0.15) is 23.7 Å². The van der Waals surface area contributed by atoms with Gasteiger partial charge in [-0.05, 0) is 38.2 Å². The number of nitrogens with zero attached hydrogens (tertiary/aromatic N) is 6. The van der Waals surface area contributed by atoms with E-state index in [1.807, 2.05) is 24.0 Å². The molecule has 0 unspecified atom stereocenters. The summed E-state index contributed by atoms with van der Waals surface area (Å²) in [7, 11) is 0. The van der Waals surface area contributed by atoms with Gasteiger partial charge in [0, 0.05) is 40.8 Å². The lowest BCUT2D eigenvalue weighted by Gasteiger charge is -2.07. The first-order valence-corrected chi connectivity index (χ1v) is 11.3. The SMILES string of the molecule is CCn1ncc(Cn2cc(NC(=S)Nc3nn(Cc4c(F)cccc4Cl)cc3Cl)cn2)c1C. The van der Waals surface area contributed by atoms with Crippen molar-refractivity contribution >= 4 is 52.0 Å². The fraction of sp³-hybridized carbons (Fsp3) is 0.238. The van der Waals surface area contributed by atoms with Crippen LogP contribution in [0.5, 0.6) is 0 Å². The molecule has 12 heteroatoms. The third kappa shape index (κ3) is 5.35. The molecule has 0 fully saturated rings. The molecule has 2 N–H and O–H groups in total. The number of nitrogens with one attached hydrogen (secondary N) is 2. The van der Waals surface area contributed by atoms with Gasteiger partial charge in [-0.3, -0.25) is 14.0 Å². The number of halogens is 3. The molecule has 8 nitrogen and oxygen atoms in total. The van der Waals surface area contributed by atoms with Crippen LogP contribution in [0.3, 0.4) is 0 Å². The summed E-state index contributed by atoms with van der Waals surface area (Å²) in [5.41, 5.74) is 3.25. The Balaban J connectivity index is 1.38. The van der Waals surface area contributed by atoms with Gasteiger partial charge in [0.2, 0.25) is 0 Å². The van der Waals surface area contributed by atoms with Crippen LogP contribution in [0.4, 0.5) is 15.9 Å². The molecule has 0 bridgehead atoms. The van der Waals surface area contributed by atoms with Gasteiger partial charge in [-0.15, -0.1) is 0 Å². The maximum Gasteiger partial charge on any atom is 0.176 e. The van der Waals surface area contributed by atoms with Gasteiger partial charge in [0.1, 0.15) is 10.8 Å². The minimum absolute atomic E-state index is 0.133. The van der Waals surface area contributed by atoms with Gasteiger partial charge in [0.25, 0.3) is 0 Å². The lowest BCUT2D eigenvalue weighted by atomic mass is 10.2. The van der Waals surface area contributed by atoms with E-state index in [1.165, 1.54) is 10.7 Å². The molecule has 0 aliphatic rings. The molecule has 0 aliphatic heterocycles. The molecule has 0 saturated heterocycles. The number of aromatic nitrogens is 6. The molecule has 3 aromatic heterocycles. The van der Waals surface area contributed by atoms with Crippen LogP contribution in [0.25, 0.3) is 0 Å². The highest BCUT2D eigenvalue weighted by Crippen LogP contribution is 2.24. The Morgan fingerprint density at radius 2 is 1.88 bits per heavy atom. The van der Waals surface area contributed by atoms with Crippen molar-refractivity contribution in [2.75, 3.05) is 10.6 Å². The van der Waals surface area contributed by atoms with Crippen LogP contribution in [-0.2, 0) is 19.6 Å². The van der Waals surface area contributed by atoms with E-state index in [-0.39, 0.29) is 6.54 Å². The molecule has 172 valence electrons. The van der Waals surface area contributed by atoms with E-state index in [4.69, 9.17) is 35.4 Å². The highest BCUT2D eigenvalue weighted by Gasteiger charge is 2.13. The van der Waals surface area contributed by atoms with Crippen molar-refractivity contribution in [1.82, 2.24) is 29.3 Å². The van der Waals surface area contributed by atoms with Gasteiger partial charge in [0.05, 0.1) is 31.2 Å². The molecule has 33 heavy (non-hydrogen) atoms. The zero-order chi connectivity index (χ0) is 23.5. The van der Waals surface area contributed by atoms with Crippen molar-refractivity contribution in [2.24, 2.45) is 0 Å². The predicted molar refractivity (Wildman–Crippen MR) is 132 cm³/mol. The molecule has 0 radical (unpaired) electrons. The Hall–Kier alpha value is -2.95. The summed E-state index contributed by atoms with van der Waals surface area (Å²) >= 11 is 17.7. The molecular weight excluding hydrogens is 486 g/mol. The number of hydrogen-bond donors (Lipinski definition) is 2. The average molecular weight is 507 g/mol. The maximum atomic E-state index is 14.1. The van der Waals surface area contributed by atoms with Crippen LogP contribution in [0.2, 0.25) is 10.0 Å². The fourth-order valence-electron chi connectivity index (χ4n) is 3.33. The zero-order valence-electron chi connectivity index (χ0n) is 17.9. The molecule has 0 amide bonds. The Labute approximate surface area is 205 Å². The number of hydrogen-bond acceptors (Lipinski definition) is 4. The van der Waals surface area contributed by atoms with Crippen LogP contribution >= 0.6 is 35.4 Å². The number of aryl methyl sites for hydroxylation is 1. The molecule has 0 spiro atoms. The van der Waals surface area contributed by atoms with Crippen molar-refractivity contribution in [1.29, 1.82) is 0 Å². The van der Waals surface area contributed by atoms with E-state index in [9.17, 15) is 4.39 Å². The Kier molecular flexibility index (Phi) is 6.96. The number of thiocarbonyl (C=S) groups is 1. The van der Waals surface area contributed by atoms with E-state index in [2.05, 4.69) is 32.9 Å². The van der Waals surface area contributed by atoms with E-state index in [0.717, 1.165) is 17.8 Å². The minimum atomic E-state index is -0.407. The summed E-state index contributed by atoms with van der Waals surface area (Å²) in [6, 6.07) is 4.53. The monoisotopic (exact) mass is 506 g/mol. The van der Waals surface area contributed by atoms with Crippen LogP contribution in [0, 0.1) is 12.7 Å². The Morgan fingerprint density at radius 3 is 2.61 bits per heavy atom. The van der Waals surface area contributed by atoms with Gasteiger partial charge in [-0.2, -0.15) is 15.3 Å². The Morgan fingerprint density at radius 1 is 1.06 bits per heavy atom. The number of rotatable bonds is 7. The standard InChI is InChI=1S/C21H21Cl2FN8S/c1-3-32-13(2)14(7-26-32)9-30-10-15(8-25-30)27-21(33)28-20-18(23)12-31(29-20)11-16-17(22)5-4-6-19(16)24/h4-8,10,12H,3,9,11H2,1-2H3,(H2,27,28,29,33). The first-order chi connectivity index (χ1) is 15.8. The lowest BCUT2D eigenvalue weighted by Crippen LogP contribution is -2.19. The molecule has 0 atom stereocenters. The van der Waals surface area contributed by atoms with Crippen molar-refractivity contribution < 1.29 is 4.39 Å². The zero-order valence-corrected chi connectivity index (χ0v) is 20.2. The molecular formula is C21H21Cl2FN8S. The fourth-order valence-corrected chi connectivity index (χ4v) is 3.96. The highest BCUT2D eigenvalue weighted by molar-refractivity contribution is 7.80. The summed E-state index contributed by atoms with van der Waals surface area (Å²) in [4.78, 5) is 0. The summed E-state index contributed by atoms with van der Waals surface area (Å²) < 4.78 is 19.3. The van der Waals surface area contributed by atoms with Gasteiger partial charge >= 0.3 is 0 Å². The van der Waals surface area contributed by atoms with E-state index >= 15 is 0 Å². The first-order valence-electron chi connectivity index (χ1n) is 10.1. The molecule has 3 heterocycles. The maximum absolute atomic E-state index is 14.1. The topological polar surface area (TPSA) is 77.5 Å². The summed E-state index contributed by atoms with van der Waals surface area (Å²) in [5, 5.41) is 20.0. The summed E-state index contributed by atoms with van der Waals surface area (Å²) in [6.45, 7) is 5.65. The van der Waals surface area contributed by atoms with E-state index in [0.29, 0.717) is 38.8 Å². The van der Waals surface area contributed by atoms with Gasteiger partial charge in [-0.25, -0.2) is 4.39 Å². The molecule has 0 aliphatic carbocycles. The smallest absolute Gasteiger partial charge is 0.176 e. The minimum Gasteiger partial charge on any atom is -0.330 e. The summed E-state index contributed by atoms with van der Waals surface area (Å²) in [5.74, 6) is -0.0632. The quantitative estimate of drug-likeness (QED) is 0.345. The highest BCUT2D eigenvalue weighted by atomic mass is 35.5. The second kappa shape index (κ2) is 9.90. The molecule has 4 rings (SSSR count). The lowest BCUT2D eigenvalue weighted by molar-refractivity contribution is 0.586. The van der Waals surface area contributed by atoms with Crippen molar-refractivity contribution in [2.45, 2.75) is 33.5 Å². The van der Waals surface area contributed by atoms with Crippen molar-refractivity contribution in [3.8, 4) is 0 Å². The normalized spacial score (nSPS) is 11.1. The third-order valence-electron chi connectivity index (χ3n) is 5.06. The number of anilines is 2. The third-order valence-corrected chi connectivity index (χ3v) is 5.89. The number of benzene rings is 1.